The van der Waals surface area contributed by atoms with Gasteiger partial charge in [-0.1, -0.05) is 84.0 Å². The molecule has 0 radical (unpaired) electrons. The SMILES string of the molecule is CCCCCCCCCCCCCC[Si](C)(C)O[Si](C)(C)O[Si](C)(C)C. The van der Waals surface area contributed by atoms with Crippen molar-refractivity contribution in [3.63, 3.8) is 0 Å². The Balaban J connectivity index is 3.67. The van der Waals surface area contributed by atoms with Gasteiger partial charge in [0.15, 0.2) is 16.6 Å². The Kier molecular flexibility index (Phi) is 14.0. The average molecular weight is 419 g/mol. The third kappa shape index (κ3) is 18.0. The maximum atomic E-state index is 6.59. The Morgan fingerprint density at radius 2 is 0.885 bits per heavy atom. The molecular weight excluding hydrogens is 368 g/mol. The van der Waals surface area contributed by atoms with Gasteiger partial charge in [-0.15, -0.1) is 0 Å². The molecule has 0 rings (SSSR count). The molecule has 2 nitrogen and oxygen atoms in total. The Morgan fingerprint density at radius 3 is 1.27 bits per heavy atom. The molecule has 0 aliphatic heterocycles. The smallest absolute Gasteiger partial charge is 0.311 e. The summed E-state index contributed by atoms with van der Waals surface area (Å²) in [4.78, 5) is 0. The highest BCUT2D eigenvalue weighted by Gasteiger charge is 2.37. The monoisotopic (exact) mass is 418 g/mol. The molecule has 26 heavy (non-hydrogen) atoms. The largest absolute Gasteiger partial charge is 0.437 e. The summed E-state index contributed by atoms with van der Waals surface area (Å²) in [7, 11) is -5.03. The summed E-state index contributed by atoms with van der Waals surface area (Å²) < 4.78 is 13.0. The quantitative estimate of drug-likeness (QED) is 0.174. The topological polar surface area (TPSA) is 18.5 Å². The van der Waals surface area contributed by atoms with E-state index in [0.29, 0.717) is 0 Å². The Labute approximate surface area is 169 Å². The first-order chi connectivity index (χ1) is 12.0. The summed E-state index contributed by atoms with van der Waals surface area (Å²) in [5.74, 6) is 0. The highest BCUT2D eigenvalue weighted by atomic mass is 28.5. The van der Waals surface area contributed by atoms with Crippen molar-refractivity contribution in [2.45, 2.75) is 136 Å². The molecule has 0 heterocycles. The average Bonchev–Trinajstić information content (AvgIpc) is 2.44. The number of rotatable bonds is 17. The fourth-order valence-electron chi connectivity index (χ4n) is 3.87. The lowest BCUT2D eigenvalue weighted by Gasteiger charge is -2.37. The van der Waals surface area contributed by atoms with Crippen LogP contribution in [0.3, 0.4) is 0 Å². The van der Waals surface area contributed by atoms with Gasteiger partial charge in [0.05, 0.1) is 0 Å². The van der Waals surface area contributed by atoms with E-state index in [1.807, 2.05) is 0 Å². The van der Waals surface area contributed by atoms with Crippen molar-refractivity contribution in [1.29, 1.82) is 0 Å². The van der Waals surface area contributed by atoms with Gasteiger partial charge in [0, 0.05) is 0 Å². The van der Waals surface area contributed by atoms with Crippen LogP contribution in [0.25, 0.3) is 0 Å². The molecule has 0 aliphatic carbocycles. The second-order valence-corrected chi connectivity index (χ2v) is 22.8. The Hall–Kier alpha value is 0.571. The van der Waals surface area contributed by atoms with Crippen LogP contribution in [0.15, 0.2) is 0 Å². The maximum absolute atomic E-state index is 6.59. The van der Waals surface area contributed by atoms with Gasteiger partial charge in [-0.2, -0.15) is 0 Å². The molecule has 0 N–H and O–H groups in total. The first-order valence-corrected chi connectivity index (χ1v) is 20.7. The van der Waals surface area contributed by atoms with E-state index in [1.165, 1.54) is 83.1 Å². The van der Waals surface area contributed by atoms with Crippen LogP contribution in [0.4, 0.5) is 0 Å². The molecule has 0 amide bonds. The molecule has 0 aromatic carbocycles. The molecule has 0 atom stereocenters. The lowest BCUT2D eigenvalue weighted by Crippen LogP contribution is -2.51. The summed E-state index contributed by atoms with van der Waals surface area (Å²) in [5, 5.41) is 0. The Morgan fingerprint density at radius 1 is 0.500 bits per heavy atom. The van der Waals surface area contributed by atoms with Gasteiger partial charge in [0.1, 0.15) is 0 Å². The van der Waals surface area contributed by atoms with Crippen LogP contribution in [0.5, 0.6) is 0 Å². The molecule has 0 aliphatic rings. The lowest BCUT2D eigenvalue weighted by molar-refractivity contribution is 0.390. The number of hydrogen-bond acceptors (Lipinski definition) is 2. The van der Waals surface area contributed by atoms with Gasteiger partial charge >= 0.3 is 8.56 Å². The van der Waals surface area contributed by atoms with Crippen LogP contribution in [-0.2, 0) is 8.23 Å². The first kappa shape index (κ1) is 26.6. The molecule has 0 aromatic rings. The van der Waals surface area contributed by atoms with E-state index in [2.05, 4.69) is 52.8 Å². The second kappa shape index (κ2) is 13.7. The zero-order chi connectivity index (χ0) is 20.1. The van der Waals surface area contributed by atoms with E-state index in [4.69, 9.17) is 8.23 Å². The summed E-state index contributed by atoms with van der Waals surface area (Å²) in [6.45, 7) is 18.3. The van der Waals surface area contributed by atoms with E-state index in [0.717, 1.165) is 0 Å². The zero-order valence-corrected chi connectivity index (χ0v) is 22.5. The second-order valence-electron chi connectivity index (χ2n) is 10.1. The predicted octanol–water partition coefficient (Wildman–Crippen LogP) is 8.46. The van der Waals surface area contributed by atoms with Gasteiger partial charge < -0.3 is 8.23 Å². The van der Waals surface area contributed by atoms with E-state index < -0.39 is 25.2 Å². The minimum atomic E-state index is -1.95. The van der Waals surface area contributed by atoms with E-state index in [9.17, 15) is 0 Å². The number of unbranched alkanes of at least 4 members (excludes halogenated alkanes) is 11. The van der Waals surface area contributed by atoms with Crippen LogP contribution < -0.4 is 0 Å². The summed E-state index contributed by atoms with van der Waals surface area (Å²) >= 11 is 0. The fraction of sp³-hybridized carbons (Fsp3) is 1.00. The predicted molar refractivity (Wildman–Crippen MR) is 126 cm³/mol. The highest BCUT2D eigenvalue weighted by Crippen LogP contribution is 2.24. The molecule has 5 heteroatoms. The van der Waals surface area contributed by atoms with Crippen LogP contribution in [0, 0.1) is 0 Å². The fourth-order valence-corrected chi connectivity index (χ4v) is 17.1. The first-order valence-electron chi connectivity index (χ1n) is 11.4. The summed E-state index contributed by atoms with van der Waals surface area (Å²) in [6, 6.07) is 1.29. The van der Waals surface area contributed by atoms with Crippen molar-refractivity contribution >= 4 is 25.2 Å². The number of hydrogen-bond donors (Lipinski definition) is 0. The zero-order valence-electron chi connectivity index (χ0n) is 19.5. The summed E-state index contributed by atoms with van der Waals surface area (Å²) in [5.41, 5.74) is 0. The molecule has 0 aromatic heterocycles. The van der Waals surface area contributed by atoms with Crippen LogP contribution in [0.1, 0.15) is 84.0 Å². The van der Waals surface area contributed by atoms with Crippen molar-refractivity contribution in [3.8, 4) is 0 Å². The molecular formula is C21H50O2Si3. The minimum absolute atomic E-state index is 1.29. The van der Waals surface area contributed by atoms with Crippen LogP contribution >= 0.6 is 0 Å². The molecule has 0 spiro atoms. The molecule has 158 valence electrons. The van der Waals surface area contributed by atoms with Crippen LogP contribution in [0.2, 0.25) is 51.9 Å². The van der Waals surface area contributed by atoms with Crippen molar-refractivity contribution in [1.82, 2.24) is 0 Å². The summed E-state index contributed by atoms with van der Waals surface area (Å²) in [6.07, 6.45) is 17.0. The normalized spacial score (nSPS) is 13.4. The minimum Gasteiger partial charge on any atom is -0.437 e. The van der Waals surface area contributed by atoms with Crippen molar-refractivity contribution in [2.24, 2.45) is 0 Å². The molecule has 0 unspecified atom stereocenters. The molecule has 0 saturated heterocycles. The standard InChI is InChI=1S/C21H50O2Si3/c1-9-10-11-12-13-14-15-16-17-18-19-20-21-25(5,6)23-26(7,8)22-24(2,3)4/h9-21H2,1-8H3. The molecule has 0 fully saturated rings. The molecule has 0 bridgehead atoms. The van der Waals surface area contributed by atoms with Crippen LogP contribution in [-0.4, -0.2) is 25.2 Å². The maximum Gasteiger partial charge on any atom is 0.311 e. The third-order valence-electron chi connectivity index (χ3n) is 4.71. The van der Waals surface area contributed by atoms with Gasteiger partial charge in [0.25, 0.3) is 0 Å². The van der Waals surface area contributed by atoms with Gasteiger partial charge in [-0.05, 0) is 51.9 Å². The van der Waals surface area contributed by atoms with Crippen molar-refractivity contribution in [3.05, 3.63) is 0 Å². The van der Waals surface area contributed by atoms with Gasteiger partial charge in [-0.3, -0.25) is 0 Å². The third-order valence-corrected chi connectivity index (χ3v) is 14.9. The van der Waals surface area contributed by atoms with E-state index in [1.54, 1.807) is 0 Å². The highest BCUT2D eigenvalue weighted by molar-refractivity contribution is 6.87. The van der Waals surface area contributed by atoms with Crippen molar-refractivity contribution in [2.75, 3.05) is 0 Å². The van der Waals surface area contributed by atoms with Crippen molar-refractivity contribution < 1.29 is 8.23 Å². The van der Waals surface area contributed by atoms with Gasteiger partial charge in [0.2, 0.25) is 0 Å². The van der Waals surface area contributed by atoms with E-state index in [-0.39, 0.29) is 0 Å². The van der Waals surface area contributed by atoms with Gasteiger partial charge in [-0.25, -0.2) is 0 Å². The molecule has 0 saturated carbocycles. The van der Waals surface area contributed by atoms with E-state index >= 15 is 0 Å². The Bertz CT molecular complexity index is 339. The lowest BCUT2D eigenvalue weighted by atomic mass is 10.1.